The van der Waals surface area contributed by atoms with Crippen molar-refractivity contribution in [2.75, 3.05) is 6.61 Å². The summed E-state index contributed by atoms with van der Waals surface area (Å²) in [5.41, 5.74) is 0. The lowest BCUT2D eigenvalue weighted by atomic mass is 9.88. The molecule has 1 saturated carbocycles. The highest BCUT2D eigenvalue weighted by Crippen LogP contribution is 2.37. The van der Waals surface area contributed by atoms with Gasteiger partial charge in [-0.3, -0.25) is 4.79 Å². The van der Waals surface area contributed by atoms with E-state index in [4.69, 9.17) is 4.74 Å². The van der Waals surface area contributed by atoms with Gasteiger partial charge in [-0.2, -0.15) is 0 Å². The molecule has 1 aliphatic carbocycles. The highest BCUT2D eigenvalue weighted by atomic mass is 19.3. The Hall–Kier alpha value is -0.710. The van der Waals surface area contributed by atoms with E-state index in [0.29, 0.717) is 13.0 Å². The van der Waals surface area contributed by atoms with Crippen LogP contribution >= 0.6 is 0 Å². The zero-order valence-electron chi connectivity index (χ0n) is 8.47. The summed E-state index contributed by atoms with van der Waals surface area (Å²) in [5.74, 6) is -2.80. The molecule has 1 unspecified atom stereocenters. The SMILES string of the molecule is O=C(NC1CC(F)(F)C1)C1CCCCO1. The zero-order valence-corrected chi connectivity index (χ0v) is 8.47. The second kappa shape index (κ2) is 4.04. The number of carbonyl (C=O) groups excluding carboxylic acids is 1. The van der Waals surface area contributed by atoms with Crippen molar-refractivity contribution in [2.24, 2.45) is 0 Å². The number of alkyl halides is 2. The van der Waals surface area contributed by atoms with E-state index in [9.17, 15) is 13.6 Å². The van der Waals surface area contributed by atoms with E-state index >= 15 is 0 Å². The van der Waals surface area contributed by atoms with Crippen LogP contribution in [-0.2, 0) is 9.53 Å². The van der Waals surface area contributed by atoms with Crippen molar-refractivity contribution < 1.29 is 18.3 Å². The highest BCUT2D eigenvalue weighted by molar-refractivity contribution is 5.81. The summed E-state index contributed by atoms with van der Waals surface area (Å²) in [4.78, 5) is 11.5. The molecular formula is C10H15F2NO2. The van der Waals surface area contributed by atoms with Gasteiger partial charge in [-0.25, -0.2) is 8.78 Å². The van der Waals surface area contributed by atoms with Crippen molar-refractivity contribution in [3.63, 3.8) is 0 Å². The molecule has 5 heteroatoms. The van der Waals surface area contributed by atoms with Gasteiger partial charge in [0, 0.05) is 25.5 Å². The van der Waals surface area contributed by atoms with Crippen molar-refractivity contribution in [2.45, 2.75) is 50.2 Å². The van der Waals surface area contributed by atoms with Crippen LogP contribution in [0.4, 0.5) is 8.78 Å². The van der Waals surface area contributed by atoms with Gasteiger partial charge in [0.2, 0.25) is 5.91 Å². The summed E-state index contributed by atoms with van der Waals surface area (Å²) >= 11 is 0. The molecule has 86 valence electrons. The van der Waals surface area contributed by atoms with Crippen molar-refractivity contribution >= 4 is 5.91 Å². The average Bonchev–Trinajstić information content (AvgIpc) is 2.16. The number of hydrogen-bond acceptors (Lipinski definition) is 2. The second-order valence-corrected chi connectivity index (χ2v) is 4.32. The van der Waals surface area contributed by atoms with Gasteiger partial charge >= 0.3 is 0 Å². The number of ether oxygens (including phenoxy) is 1. The standard InChI is InChI=1S/C10H15F2NO2/c11-10(12)5-7(6-10)13-9(14)8-3-1-2-4-15-8/h7-8H,1-6H2,(H,13,14). The van der Waals surface area contributed by atoms with Crippen molar-refractivity contribution in [1.29, 1.82) is 0 Å². The minimum absolute atomic E-state index is 0.227. The Bertz CT molecular complexity index is 244. The van der Waals surface area contributed by atoms with Gasteiger partial charge in [-0.1, -0.05) is 0 Å². The van der Waals surface area contributed by atoms with Gasteiger partial charge in [-0.05, 0) is 19.3 Å². The van der Waals surface area contributed by atoms with Crippen LogP contribution in [0.5, 0.6) is 0 Å². The third kappa shape index (κ3) is 2.65. The van der Waals surface area contributed by atoms with E-state index in [2.05, 4.69) is 5.32 Å². The van der Waals surface area contributed by atoms with Gasteiger partial charge < -0.3 is 10.1 Å². The number of carbonyl (C=O) groups is 1. The van der Waals surface area contributed by atoms with Gasteiger partial charge in [-0.15, -0.1) is 0 Å². The Labute approximate surface area is 87.2 Å². The first-order chi connectivity index (χ1) is 7.07. The molecule has 0 aromatic rings. The summed E-state index contributed by atoms with van der Waals surface area (Å²) in [7, 11) is 0. The minimum atomic E-state index is -2.58. The molecule has 0 radical (unpaired) electrons. The lowest BCUT2D eigenvalue weighted by Crippen LogP contribution is -2.53. The zero-order chi connectivity index (χ0) is 10.9. The maximum Gasteiger partial charge on any atom is 0.252 e. The molecule has 0 aromatic carbocycles. The normalized spacial score (nSPS) is 30.7. The lowest BCUT2D eigenvalue weighted by Gasteiger charge is -2.36. The fourth-order valence-electron chi connectivity index (χ4n) is 2.00. The molecule has 0 bridgehead atoms. The van der Waals surface area contributed by atoms with Gasteiger partial charge in [0.15, 0.2) is 0 Å². The quantitative estimate of drug-likeness (QED) is 0.763. The highest BCUT2D eigenvalue weighted by Gasteiger charge is 2.46. The van der Waals surface area contributed by atoms with E-state index < -0.39 is 12.0 Å². The largest absolute Gasteiger partial charge is 0.368 e. The van der Waals surface area contributed by atoms with E-state index in [0.717, 1.165) is 12.8 Å². The summed E-state index contributed by atoms with van der Waals surface area (Å²) in [5, 5.41) is 2.60. The number of halogens is 2. The van der Waals surface area contributed by atoms with Gasteiger partial charge in [0.1, 0.15) is 6.10 Å². The number of nitrogens with one attached hydrogen (secondary N) is 1. The Morgan fingerprint density at radius 1 is 1.33 bits per heavy atom. The van der Waals surface area contributed by atoms with Crippen LogP contribution in [0.1, 0.15) is 32.1 Å². The predicted octanol–water partition coefficient (Wildman–Crippen LogP) is 1.47. The smallest absolute Gasteiger partial charge is 0.252 e. The molecule has 2 aliphatic rings. The van der Waals surface area contributed by atoms with Crippen molar-refractivity contribution in [3.05, 3.63) is 0 Å². The monoisotopic (exact) mass is 219 g/mol. The summed E-state index contributed by atoms with van der Waals surface area (Å²) in [6.45, 7) is 0.596. The second-order valence-electron chi connectivity index (χ2n) is 4.32. The molecule has 15 heavy (non-hydrogen) atoms. The molecule has 1 N–H and O–H groups in total. The number of hydrogen-bond donors (Lipinski definition) is 1. The average molecular weight is 219 g/mol. The van der Waals surface area contributed by atoms with E-state index in [1.54, 1.807) is 0 Å². The molecule has 1 heterocycles. The fourth-order valence-corrected chi connectivity index (χ4v) is 2.00. The molecule has 1 amide bonds. The van der Waals surface area contributed by atoms with Gasteiger partial charge in [0.25, 0.3) is 5.92 Å². The van der Waals surface area contributed by atoms with Crippen LogP contribution in [0.15, 0.2) is 0 Å². The Kier molecular flexibility index (Phi) is 2.91. The van der Waals surface area contributed by atoms with Crippen LogP contribution in [0.25, 0.3) is 0 Å². The Balaban J connectivity index is 1.73. The fraction of sp³-hybridized carbons (Fsp3) is 0.900. The van der Waals surface area contributed by atoms with Crippen LogP contribution in [-0.4, -0.2) is 30.6 Å². The molecule has 3 nitrogen and oxygen atoms in total. The van der Waals surface area contributed by atoms with Crippen LogP contribution < -0.4 is 5.32 Å². The Morgan fingerprint density at radius 3 is 2.60 bits per heavy atom. The van der Waals surface area contributed by atoms with E-state index in [1.807, 2.05) is 0 Å². The van der Waals surface area contributed by atoms with Crippen LogP contribution in [0.2, 0.25) is 0 Å². The molecule has 1 atom stereocenters. The van der Waals surface area contributed by atoms with Crippen LogP contribution in [0, 0.1) is 0 Å². The molecule has 2 rings (SSSR count). The maximum atomic E-state index is 12.5. The summed E-state index contributed by atoms with van der Waals surface area (Å²) < 4.78 is 30.3. The number of amides is 1. The first-order valence-electron chi connectivity index (χ1n) is 5.37. The molecule has 0 spiro atoms. The third-order valence-corrected chi connectivity index (χ3v) is 2.91. The van der Waals surface area contributed by atoms with Crippen molar-refractivity contribution in [1.82, 2.24) is 5.32 Å². The van der Waals surface area contributed by atoms with Gasteiger partial charge in [0.05, 0.1) is 0 Å². The summed E-state index contributed by atoms with van der Waals surface area (Å²) in [6.07, 6.45) is 1.77. The molecule has 1 saturated heterocycles. The summed E-state index contributed by atoms with van der Waals surface area (Å²) in [6, 6.07) is -0.363. The first kappa shape index (κ1) is 10.8. The van der Waals surface area contributed by atoms with Crippen LogP contribution in [0.3, 0.4) is 0 Å². The minimum Gasteiger partial charge on any atom is -0.368 e. The van der Waals surface area contributed by atoms with Crippen molar-refractivity contribution in [3.8, 4) is 0 Å². The molecule has 2 fully saturated rings. The lowest BCUT2D eigenvalue weighted by molar-refractivity contribution is -0.142. The topological polar surface area (TPSA) is 38.3 Å². The van der Waals surface area contributed by atoms with E-state index in [-0.39, 0.29) is 24.8 Å². The molecule has 0 aromatic heterocycles. The first-order valence-corrected chi connectivity index (χ1v) is 5.37. The Morgan fingerprint density at radius 2 is 2.07 bits per heavy atom. The van der Waals surface area contributed by atoms with E-state index in [1.165, 1.54) is 0 Å². The molecular weight excluding hydrogens is 204 g/mol. The molecule has 1 aliphatic heterocycles. The maximum absolute atomic E-state index is 12.5. The number of rotatable bonds is 2. The third-order valence-electron chi connectivity index (χ3n) is 2.91. The predicted molar refractivity (Wildman–Crippen MR) is 49.7 cm³/mol.